The molecule has 0 aromatic carbocycles. The fourth-order valence-electron chi connectivity index (χ4n) is 0.794. The third-order valence-corrected chi connectivity index (χ3v) is 1.38. The molecule has 0 aliphatic heterocycles. The highest BCUT2D eigenvalue weighted by Gasteiger charge is 2.26. The van der Waals surface area contributed by atoms with E-state index in [2.05, 4.69) is 5.32 Å². The monoisotopic (exact) mass is 199 g/mol. The molecule has 0 aliphatic carbocycles. The number of halogens is 3. The van der Waals surface area contributed by atoms with Gasteiger partial charge in [0, 0.05) is 12.6 Å². The number of hydrogen-bond acceptors (Lipinski definition) is 2. The average molecular weight is 199 g/mol. The molecular weight excluding hydrogens is 187 g/mol. The Labute approximate surface area is 73.9 Å². The fraction of sp³-hybridized carbons (Fsp3) is 0.857. The molecule has 0 heterocycles. The summed E-state index contributed by atoms with van der Waals surface area (Å²) in [5.41, 5.74) is 0. The van der Waals surface area contributed by atoms with Crippen LogP contribution in [-0.2, 0) is 4.79 Å². The summed E-state index contributed by atoms with van der Waals surface area (Å²) in [6.07, 6.45) is -5.29. The van der Waals surface area contributed by atoms with Crippen LogP contribution in [0.3, 0.4) is 0 Å². The van der Waals surface area contributed by atoms with E-state index in [4.69, 9.17) is 5.11 Å². The van der Waals surface area contributed by atoms with Crippen LogP contribution in [0.15, 0.2) is 0 Å². The van der Waals surface area contributed by atoms with Gasteiger partial charge in [0.1, 0.15) is 0 Å². The molecule has 1 unspecified atom stereocenters. The summed E-state index contributed by atoms with van der Waals surface area (Å²) in [7, 11) is 0. The molecule has 0 rings (SSSR count). The second-order valence-corrected chi connectivity index (χ2v) is 2.82. The smallest absolute Gasteiger partial charge is 0.390 e. The number of carboxylic acid groups (broad SMARTS) is 1. The molecule has 0 aromatic rings. The second kappa shape index (κ2) is 5.06. The molecule has 0 aliphatic rings. The van der Waals surface area contributed by atoms with Gasteiger partial charge in [0.05, 0.1) is 12.8 Å². The third kappa shape index (κ3) is 9.13. The van der Waals surface area contributed by atoms with E-state index in [9.17, 15) is 18.0 Å². The van der Waals surface area contributed by atoms with Gasteiger partial charge < -0.3 is 10.4 Å². The zero-order valence-corrected chi connectivity index (χ0v) is 7.19. The minimum Gasteiger partial charge on any atom is -0.481 e. The van der Waals surface area contributed by atoms with Crippen LogP contribution in [-0.4, -0.2) is 29.8 Å². The highest BCUT2D eigenvalue weighted by molar-refractivity contribution is 5.67. The lowest BCUT2D eigenvalue weighted by molar-refractivity contribution is -0.137. The Kier molecular flexibility index (Phi) is 4.76. The van der Waals surface area contributed by atoms with Gasteiger partial charge in [0.2, 0.25) is 0 Å². The van der Waals surface area contributed by atoms with Gasteiger partial charge in [-0.3, -0.25) is 4.79 Å². The Balaban J connectivity index is 3.48. The maximum Gasteiger partial charge on any atom is 0.390 e. The Bertz CT molecular complexity index is 170. The lowest BCUT2D eigenvalue weighted by Crippen LogP contribution is -2.31. The second-order valence-electron chi connectivity index (χ2n) is 2.82. The summed E-state index contributed by atoms with van der Waals surface area (Å²) in [5, 5.41) is 10.8. The van der Waals surface area contributed by atoms with Crippen LogP contribution in [0.25, 0.3) is 0 Å². The van der Waals surface area contributed by atoms with Gasteiger partial charge in [0.25, 0.3) is 0 Å². The minimum absolute atomic E-state index is 0.169. The van der Waals surface area contributed by atoms with Crippen molar-refractivity contribution in [3.63, 3.8) is 0 Å². The fourth-order valence-corrected chi connectivity index (χ4v) is 0.794. The molecule has 0 fully saturated rings. The maximum absolute atomic E-state index is 11.6. The van der Waals surface area contributed by atoms with Gasteiger partial charge in [-0.15, -0.1) is 0 Å². The molecule has 0 saturated heterocycles. The molecule has 2 N–H and O–H groups in total. The van der Waals surface area contributed by atoms with E-state index in [0.717, 1.165) is 0 Å². The van der Waals surface area contributed by atoms with E-state index in [1.165, 1.54) is 6.92 Å². The lowest BCUT2D eigenvalue weighted by atomic mass is 10.2. The molecule has 6 heteroatoms. The molecule has 0 radical (unpaired) electrons. The normalized spacial score (nSPS) is 14.2. The summed E-state index contributed by atoms with van der Waals surface area (Å²) in [6.45, 7) is 1.29. The van der Waals surface area contributed by atoms with Crippen molar-refractivity contribution in [1.29, 1.82) is 0 Å². The van der Waals surface area contributed by atoms with Gasteiger partial charge in [-0.1, -0.05) is 0 Å². The van der Waals surface area contributed by atoms with Crippen LogP contribution in [0.2, 0.25) is 0 Å². The first-order chi connectivity index (χ1) is 5.81. The van der Waals surface area contributed by atoms with Gasteiger partial charge in [-0.2, -0.15) is 13.2 Å². The van der Waals surface area contributed by atoms with Crippen LogP contribution in [0.4, 0.5) is 13.2 Å². The first kappa shape index (κ1) is 12.2. The van der Waals surface area contributed by atoms with Gasteiger partial charge >= 0.3 is 12.1 Å². The van der Waals surface area contributed by atoms with Gasteiger partial charge in [0.15, 0.2) is 0 Å². The maximum atomic E-state index is 11.6. The third-order valence-electron chi connectivity index (χ3n) is 1.38. The molecular formula is C7H12F3NO2. The lowest BCUT2D eigenvalue weighted by Gasteiger charge is -2.12. The van der Waals surface area contributed by atoms with E-state index in [-0.39, 0.29) is 13.0 Å². The van der Waals surface area contributed by atoms with Crippen LogP contribution in [0.1, 0.15) is 19.8 Å². The summed E-state index contributed by atoms with van der Waals surface area (Å²) < 4.78 is 34.8. The highest BCUT2D eigenvalue weighted by atomic mass is 19.4. The van der Waals surface area contributed by atoms with E-state index >= 15 is 0 Å². The number of rotatable bonds is 5. The topological polar surface area (TPSA) is 49.3 Å². The zero-order valence-electron chi connectivity index (χ0n) is 7.19. The summed E-state index contributed by atoms with van der Waals surface area (Å²) in [5.74, 6) is -1.02. The SMILES string of the molecule is CC(CC(=O)O)NCCC(F)(F)F. The Morgan fingerprint density at radius 2 is 2.08 bits per heavy atom. The van der Waals surface area contributed by atoms with Gasteiger partial charge in [-0.25, -0.2) is 0 Å². The zero-order chi connectivity index (χ0) is 10.5. The molecule has 0 amide bonds. The van der Waals surface area contributed by atoms with Crippen LogP contribution in [0, 0.1) is 0 Å². The first-order valence-corrected chi connectivity index (χ1v) is 3.83. The summed E-state index contributed by atoms with van der Waals surface area (Å²) in [6, 6.07) is -0.431. The molecule has 13 heavy (non-hydrogen) atoms. The summed E-state index contributed by atoms with van der Waals surface area (Å²) >= 11 is 0. The average Bonchev–Trinajstić information content (AvgIpc) is 1.81. The van der Waals surface area contributed by atoms with Crippen LogP contribution < -0.4 is 5.32 Å². The molecule has 0 aromatic heterocycles. The van der Waals surface area contributed by atoms with Crippen molar-refractivity contribution >= 4 is 5.97 Å². The molecule has 0 bridgehead atoms. The number of hydrogen-bond donors (Lipinski definition) is 2. The van der Waals surface area contributed by atoms with E-state index in [1.54, 1.807) is 0 Å². The van der Waals surface area contributed by atoms with E-state index in [0.29, 0.717) is 0 Å². The van der Waals surface area contributed by atoms with Crippen molar-refractivity contribution in [2.24, 2.45) is 0 Å². The van der Waals surface area contributed by atoms with Crippen molar-refractivity contribution in [2.75, 3.05) is 6.54 Å². The van der Waals surface area contributed by atoms with Crippen molar-refractivity contribution in [3.05, 3.63) is 0 Å². The number of alkyl halides is 3. The van der Waals surface area contributed by atoms with Crippen molar-refractivity contribution in [3.8, 4) is 0 Å². The molecule has 0 spiro atoms. The Morgan fingerprint density at radius 1 is 1.54 bits per heavy atom. The summed E-state index contributed by atoms with van der Waals surface area (Å²) in [4.78, 5) is 10.1. The largest absolute Gasteiger partial charge is 0.481 e. The van der Waals surface area contributed by atoms with Crippen molar-refractivity contribution in [2.45, 2.75) is 32.0 Å². The predicted octanol–water partition coefficient (Wildman–Crippen LogP) is 1.39. The first-order valence-electron chi connectivity index (χ1n) is 3.83. The quantitative estimate of drug-likeness (QED) is 0.703. The van der Waals surface area contributed by atoms with Crippen molar-refractivity contribution in [1.82, 2.24) is 5.32 Å². The molecule has 78 valence electrons. The molecule has 3 nitrogen and oxygen atoms in total. The van der Waals surface area contributed by atoms with Crippen LogP contribution in [0.5, 0.6) is 0 Å². The highest BCUT2D eigenvalue weighted by Crippen LogP contribution is 2.18. The van der Waals surface area contributed by atoms with Crippen LogP contribution >= 0.6 is 0 Å². The predicted molar refractivity (Wildman–Crippen MR) is 40.4 cm³/mol. The molecule has 1 atom stereocenters. The standard InChI is InChI=1S/C7H12F3NO2/c1-5(4-6(12)13)11-3-2-7(8,9)10/h5,11H,2-4H2,1H3,(H,12,13). The molecule has 0 saturated carbocycles. The Morgan fingerprint density at radius 3 is 2.46 bits per heavy atom. The van der Waals surface area contributed by atoms with Crippen molar-refractivity contribution < 1.29 is 23.1 Å². The number of carbonyl (C=O) groups is 1. The Hall–Kier alpha value is -0.780. The van der Waals surface area contributed by atoms with E-state index in [1.807, 2.05) is 0 Å². The van der Waals surface area contributed by atoms with Gasteiger partial charge in [-0.05, 0) is 6.92 Å². The minimum atomic E-state index is -4.18. The number of nitrogens with one attached hydrogen (secondary N) is 1. The number of carboxylic acids is 1. The number of aliphatic carboxylic acids is 1. The van der Waals surface area contributed by atoms with E-state index < -0.39 is 24.6 Å².